The Labute approximate surface area is 149 Å². The van der Waals surface area contributed by atoms with Crippen molar-refractivity contribution in [2.75, 3.05) is 13.2 Å². The van der Waals surface area contributed by atoms with Crippen LogP contribution in [0.15, 0.2) is 53.4 Å². The highest BCUT2D eigenvalue weighted by atomic mass is 32.2. The van der Waals surface area contributed by atoms with Gasteiger partial charge in [-0.3, -0.25) is 4.79 Å². The van der Waals surface area contributed by atoms with Crippen molar-refractivity contribution in [3.05, 3.63) is 59.7 Å². The van der Waals surface area contributed by atoms with Gasteiger partial charge in [0.15, 0.2) is 0 Å². The molecule has 1 heterocycles. The van der Waals surface area contributed by atoms with E-state index in [1.807, 2.05) is 24.3 Å². The van der Waals surface area contributed by atoms with Crippen LogP contribution in [0.3, 0.4) is 0 Å². The van der Waals surface area contributed by atoms with Crippen LogP contribution in [-0.4, -0.2) is 33.2 Å². The quantitative estimate of drug-likeness (QED) is 0.864. The van der Waals surface area contributed by atoms with Crippen LogP contribution in [0.2, 0.25) is 0 Å². The number of sulfone groups is 1. The number of amides is 1. The van der Waals surface area contributed by atoms with Crippen LogP contribution in [-0.2, 0) is 16.3 Å². The van der Waals surface area contributed by atoms with Gasteiger partial charge >= 0.3 is 5.76 Å². The summed E-state index contributed by atoms with van der Waals surface area (Å²) < 4.78 is 53.4. The lowest BCUT2D eigenvalue weighted by Crippen LogP contribution is -2.34. The van der Waals surface area contributed by atoms with Crippen molar-refractivity contribution in [1.82, 2.24) is 5.32 Å². The molecule has 1 N–H and O–H groups in total. The van der Waals surface area contributed by atoms with Gasteiger partial charge in [0, 0.05) is 18.0 Å². The van der Waals surface area contributed by atoms with Gasteiger partial charge in [-0.2, -0.15) is 8.78 Å². The largest absolute Gasteiger partial charge is 0.493 e. The summed E-state index contributed by atoms with van der Waals surface area (Å²) in [6.45, 7) is 0.882. The molecule has 26 heavy (non-hydrogen) atoms. The third kappa shape index (κ3) is 3.85. The van der Waals surface area contributed by atoms with Gasteiger partial charge in [0.2, 0.25) is 9.84 Å². The lowest BCUT2D eigenvalue weighted by Gasteiger charge is -2.25. The fourth-order valence-corrected chi connectivity index (χ4v) is 3.48. The maximum atomic E-state index is 12.5. The lowest BCUT2D eigenvalue weighted by atomic mass is 9.96. The minimum atomic E-state index is -4.66. The van der Waals surface area contributed by atoms with Gasteiger partial charge in [0.05, 0.1) is 11.5 Å². The number of nitrogens with one attached hydrogen (secondary N) is 1. The lowest BCUT2D eigenvalue weighted by molar-refractivity contribution is 0.0939. The van der Waals surface area contributed by atoms with E-state index in [9.17, 15) is 22.0 Å². The summed E-state index contributed by atoms with van der Waals surface area (Å²) in [5.74, 6) is -2.92. The molecule has 0 saturated heterocycles. The van der Waals surface area contributed by atoms with Gasteiger partial charge < -0.3 is 10.1 Å². The first kappa shape index (κ1) is 18.3. The monoisotopic (exact) mass is 381 g/mol. The van der Waals surface area contributed by atoms with Gasteiger partial charge in [-0.15, -0.1) is 0 Å². The number of para-hydroxylation sites is 1. The number of hydrogen-bond acceptors (Lipinski definition) is 4. The highest BCUT2D eigenvalue weighted by Gasteiger charge is 2.26. The van der Waals surface area contributed by atoms with Crippen molar-refractivity contribution in [2.45, 2.75) is 17.1 Å². The Morgan fingerprint density at radius 2 is 1.85 bits per heavy atom. The van der Waals surface area contributed by atoms with Gasteiger partial charge in [-0.25, -0.2) is 8.42 Å². The third-order valence-corrected chi connectivity index (χ3v) is 5.58. The summed E-state index contributed by atoms with van der Waals surface area (Å²) in [4.78, 5) is 11.7. The fraction of sp³-hybridized carbons (Fsp3) is 0.278. The highest BCUT2D eigenvalue weighted by Crippen LogP contribution is 2.26. The van der Waals surface area contributed by atoms with Crippen molar-refractivity contribution in [2.24, 2.45) is 5.92 Å². The molecule has 3 rings (SSSR count). The van der Waals surface area contributed by atoms with Crippen LogP contribution in [0.1, 0.15) is 15.9 Å². The molecule has 2 aromatic rings. The molecule has 0 aliphatic carbocycles. The molecule has 1 aliphatic rings. The summed E-state index contributed by atoms with van der Waals surface area (Å²) in [6, 6.07) is 12.2. The predicted molar refractivity (Wildman–Crippen MR) is 91.1 cm³/mol. The number of fused-ring (bicyclic) bond motifs is 1. The van der Waals surface area contributed by atoms with Crippen molar-refractivity contribution in [3.8, 4) is 5.75 Å². The van der Waals surface area contributed by atoms with E-state index in [2.05, 4.69) is 5.32 Å². The highest BCUT2D eigenvalue weighted by molar-refractivity contribution is 7.91. The molecule has 1 unspecified atom stereocenters. The molecule has 5 nitrogen and oxygen atoms in total. The average Bonchev–Trinajstić information content (AvgIpc) is 2.66. The van der Waals surface area contributed by atoms with Gasteiger partial charge in [0.25, 0.3) is 5.91 Å². The number of alkyl halides is 2. The van der Waals surface area contributed by atoms with E-state index < -0.39 is 26.4 Å². The Morgan fingerprint density at radius 1 is 1.15 bits per heavy atom. The number of hydrogen-bond donors (Lipinski definition) is 1. The number of carbonyl (C=O) groups excluding carboxylic acids is 1. The molecule has 0 radical (unpaired) electrons. The molecule has 0 fully saturated rings. The molecular weight excluding hydrogens is 364 g/mol. The Morgan fingerprint density at radius 3 is 2.54 bits per heavy atom. The fourth-order valence-electron chi connectivity index (χ4n) is 2.76. The SMILES string of the molecule is O=C(NCC1COc2ccccc2C1)c1ccc(S(=O)(=O)C(F)F)cc1. The number of rotatable bonds is 5. The maximum Gasteiger partial charge on any atom is 0.341 e. The maximum absolute atomic E-state index is 12.5. The van der Waals surface area contributed by atoms with E-state index in [-0.39, 0.29) is 11.5 Å². The number of carbonyl (C=O) groups is 1. The molecular formula is C18H17F2NO4S. The molecule has 0 spiro atoms. The number of benzene rings is 2. The molecule has 1 amide bonds. The van der Waals surface area contributed by atoms with Crippen LogP contribution in [0.25, 0.3) is 0 Å². The molecule has 0 bridgehead atoms. The molecule has 138 valence electrons. The van der Waals surface area contributed by atoms with Crippen molar-refractivity contribution >= 4 is 15.7 Å². The molecule has 0 saturated carbocycles. The van der Waals surface area contributed by atoms with E-state index in [1.54, 1.807) is 0 Å². The van der Waals surface area contributed by atoms with Crippen LogP contribution in [0.5, 0.6) is 5.75 Å². The zero-order chi connectivity index (χ0) is 18.7. The summed E-state index contributed by atoms with van der Waals surface area (Å²) in [5.41, 5.74) is 1.29. The smallest absolute Gasteiger partial charge is 0.341 e. The molecule has 0 aromatic heterocycles. The molecule has 1 atom stereocenters. The number of ether oxygens (including phenoxy) is 1. The van der Waals surface area contributed by atoms with Crippen LogP contribution >= 0.6 is 0 Å². The van der Waals surface area contributed by atoms with Gasteiger partial charge in [-0.1, -0.05) is 18.2 Å². The van der Waals surface area contributed by atoms with E-state index >= 15 is 0 Å². The standard InChI is InChI=1S/C18H17F2NO4S/c19-18(20)26(23,24)15-7-5-13(6-8-15)17(22)21-10-12-9-14-3-1-2-4-16(14)25-11-12/h1-8,12,18H,9-11H2,(H,21,22). The summed E-state index contributed by atoms with van der Waals surface area (Å²) >= 11 is 0. The first-order valence-electron chi connectivity index (χ1n) is 7.99. The topological polar surface area (TPSA) is 72.5 Å². The second kappa shape index (κ2) is 7.41. The predicted octanol–water partition coefficient (Wildman–Crippen LogP) is 2.66. The summed E-state index contributed by atoms with van der Waals surface area (Å²) in [5, 5.41) is 2.76. The molecule has 2 aromatic carbocycles. The van der Waals surface area contributed by atoms with Crippen molar-refractivity contribution in [3.63, 3.8) is 0 Å². The third-order valence-electron chi connectivity index (χ3n) is 4.19. The van der Waals surface area contributed by atoms with Crippen LogP contribution in [0, 0.1) is 5.92 Å². The van der Waals surface area contributed by atoms with E-state index in [1.165, 1.54) is 12.1 Å². The summed E-state index contributed by atoms with van der Waals surface area (Å²) in [6.07, 6.45) is 0.780. The first-order chi connectivity index (χ1) is 12.4. The number of halogens is 2. The summed E-state index contributed by atoms with van der Waals surface area (Å²) in [7, 11) is -4.66. The Kier molecular flexibility index (Phi) is 5.22. The molecule has 8 heteroatoms. The van der Waals surface area contributed by atoms with Crippen molar-refractivity contribution < 1.29 is 26.7 Å². The normalized spacial score (nSPS) is 16.7. The van der Waals surface area contributed by atoms with Gasteiger partial charge in [0.1, 0.15) is 5.75 Å². The Hall–Kier alpha value is -2.48. The van der Waals surface area contributed by atoms with Crippen LogP contribution < -0.4 is 10.1 Å². The Bertz CT molecular complexity index is 898. The second-order valence-electron chi connectivity index (χ2n) is 6.03. The minimum Gasteiger partial charge on any atom is -0.493 e. The molecule has 1 aliphatic heterocycles. The zero-order valence-corrected chi connectivity index (χ0v) is 14.5. The van der Waals surface area contributed by atoms with Crippen LogP contribution in [0.4, 0.5) is 8.78 Å². The average molecular weight is 381 g/mol. The van der Waals surface area contributed by atoms with E-state index in [0.717, 1.165) is 29.9 Å². The first-order valence-corrected chi connectivity index (χ1v) is 9.53. The zero-order valence-electron chi connectivity index (χ0n) is 13.7. The van der Waals surface area contributed by atoms with E-state index in [4.69, 9.17) is 4.74 Å². The van der Waals surface area contributed by atoms with E-state index in [0.29, 0.717) is 13.2 Å². The Balaban J connectivity index is 1.59. The van der Waals surface area contributed by atoms with Gasteiger partial charge in [-0.05, 0) is 42.3 Å². The minimum absolute atomic E-state index is 0.118. The van der Waals surface area contributed by atoms with Crippen molar-refractivity contribution in [1.29, 1.82) is 0 Å². The second-order valence-corrected chi connectivity index (χ2v) is 7.95.